The minimum atomic E-state index is -4.71. The molecule has 3 aromatic rings. The second kappa shape index (κ2) is 10.00. The van der Waals surface area contributed by atoms with Crippen LogP contribution in [0.25, 0.3) is 0 Å². The lowest BCUT2D eigenvalue weighted by molar-refractivity contribution is -0.137. The molecule has 0 spiro atoms. The van der Waals surface area contributed by atoms with Crippen LogP contribution in [0.1, 0.15) is 21.5 Å². The van der Waals surface area contributed by atoms with Gasteiger partial charge in [0.05, 0.1) is 26.1 Å². The van der Waals surface area contributed by atoms with E-state index in [-0.39, 0.29) is 21.9 Å². The van der Waals surface area contributed by atoms with Gasteiger partial charge in [-0.05, 0) is 66.6 Å². The number of sulfone groups is 2. The van der Waals surface area contributed by atoms with E-state index in [2.05, 4.69) is 5.32 Å². The van der Waals surface area contributed by atoms with Crippen molar-refractivity contribution < 1.29 is 34.8 Å². The molecule has 0 atom stereocenters. The molecule has 1 N–H and O–H groups in total. The van der Waals surface area contributed by atoms with Crippen molar-refractivity contribution in [3.05, 3.63) is 88.4 Å². The summed E-state index contributed by atoms with van der Waals surface area (Å²) >= 11 is 5.84. The average Bonchev–Trinajstić information content (AvgIpc) is 2.77. The molecule has 0 unspecified atom stereocenters. The van der Waals surface area contributed by atoms with Gasteiger partial charge >= 0.3 is 6.18 Å². The highest BCUT2D eigenvalue weighted by Crippen LogP contribution is 2.33. The van der Waals surface area contributed by atoms with Crippen LogP contribution in [0.4, 0.5) is 18.9 Å². The van der Waals surface area contributed by atoms with Gasteiger partial charge in [0.1, 0.15) is 0 Å². The van der Waals surface area contributed by atoms with Crippen molar-refractivity contribution in [1.82, 2.24) is 0 Å². The van der Waals surface area contributed by atoms with Gasteiger partial charge in [0.15, 0.2) is 19.7 Å². The molecule has 0 aliphatic rings. The van der Waals surface area contributed by atoms with Crippen molar-refractivity contribution in [3.63, 3.8) is 0 Å². The number of halogens is 4. The van der Waals surface area contributed by atoms with Crippen LogP contribution >= 0.6 is 11.6 Å². The second-order valence-electron chi connectivity index (χ2n) is 7.66. The Morgan fingerprint density at radius 1 is 0.914 bits per heavy atom. The Hall–Kier alpha value is -2.89. The van der Waals surface area contributed by atoms with Gasteiger partial charge in [-0.25, -0.2) is 16.8 Å². The number of carbonyl (C=O) groups is 1. The lowest BCUT2D eigenvalue weighted by Crippen LogP contribution is -2.13. The number of hydrogen-bond donors (Lipinski definition) is 1. The van der Waals surface area contributed by atoms with Crippen LogP contribution in [-0.4, -0.2) is 34.8 Å². The zero-order chi connectivity index (χ0) is 26.0. The molecule has 0 bridgehead atoms. The fourth-order valence-corrected chi connectivity index (χ4v) is 5.59. The van der Waals surface area contributed by atoms with Crippen molar-refractivity contribution in [1.29, 1.82) is 0 Å². The van der Waals surface area contributed by atoms with Crippen molar-refractivity contribution in [2.75, 3.05) is 17.3 Å². The molecule has 0 radical (unpaired) electrons. The maximum Gasteiger partial charge on any atom is 0.416 e. The number of rotatable bonds is 7. The summed E-state index contributed by atoms with van der Waals surface area (Å²) < 4.78 is 87.1. The average molecular weight is 546 g/mol. The third-order valence-electron chi connectivity index (χ3n) is 5.01. The Morgan fingerprint density at radius 3 is 2.06 bits per heavy atom. The minimum Gasteiger partial charge on any atom is -0.322 e. The molecule has 186 valence electrons. The van der Waals surface area contributed by atoms with Gasteiger partial charge in [0, 0.05) is 17.5 Å². The number of nitrogens with one attached hydrogen (secondary N) is 1. The van der Waals surface area contributed by atoms with Gasteiger partial charge in [-0.1, -0.05) is 23.7 Å². The lowest BCUT2D eigenvalue weighted by atomic mass is 10.1. The Kier molecular flexibility index (Phi) is 7.63. The van der Waals surface area contributed by atoms with Crippen LogP contribution in [0.15, 0.2) is 76.5 Å². The summed E-state index contributed by atoms with van der Waals surface area (Å²) in [5, 5.41) is 2.32. The summed E-state index contributed by atoms with van der Waals surface area (Å²) in [6, 6.07) is 13.8. The van der Waals surface area contributed by atoms with Crippen molar-refractivity contribution in [3.8, 4) is 0 Å². The van der Waals surface area contributed by atoms with E-state index in [4.69, 9.17) is 11.6 Å². The van der Waals surface area contributed by atoms with Gasteiger partial charge in [0.25, 0.3) is 5.91 Å². The van der Waals surface area contributed by atoms with Crippen LogP contribution in [0.3, 0.4) is 0 Å². The van der Waals surface area contributed by atoms with Gasteiger partial charge in [-0.2, -0.15) is 13.2 Å². The highest BCUT2D eigenvalue weighted by Gasteiger charge is 2.32. The predicted molar refractivity (Wildman–Crippen MR) is 126 cm³/mol. The van der Waals surface area contributed by atoms with E-state index in [1.807, 2.05) is 0 Å². The van der Waals surface area contributed by atoms with Gasteiger partial charge < -0.3 is 5.32 Å². The standard InChI is InChI=1S/C23H19ClF3NO5S2/c1-34(30,31)19-9-7-18(8-10-19)28-22(29)16-4-2-15(3-5-16)12-13-35(32,33)21-14-17(23(25,26)27)6-11-20(21)24/h2-11,14H,12-13H2,1H3,(H,28,29). The third-order valence-corrected chi connectivity index (χ3v) is 8.33. The molecule has 6 nitrogen and oxygen atoms in total. The Bertz CT molecular complexity index is 1450. The SMILES string of the molecule is CS(=O)(=O)c1ccc(NC(=O)c2ccc(CCS(=O)(=O)c3cc(C(F)(F)F)ccc3Cl)cc2)cc1. The van der Waals surface area contributed by atoms with E-state index in [1.54, 1.807) is 0 Å². The first-order valence-electron chi connectivity index (χ1n) is 9.97. The molecule has 0 aromatic heterocycles. The molecule has 0 aliphatic carbocycles. The highest BCUT2D eigenvalue weighted by atomic mass is 35.5. The van der Waals surface area contributed by atoms with Crippen LogP contribution < -0.4 is 5.32 Å². The van der Waals surface area contributed by atoms with E-state index in [1.165, 1.54) is 48.5 Å². The molecule has 0 saturated heterocycles. The normalized spacial score (nSPS) is 12.4. The summed E-state index contributed by atoms with van der Waals surface area (Å²) in [5.41, 5.74) is 0.0905. The number of benzene rings is 3. The molecule has 35 heavy (non-hydrogen) atoms. The quantitative estimate of drug-likeness (QED) is 0.449. The maximum absolute atomic E-state index is 12.9. The second-order valence-corrected chi connectivity index (χ2v) is 12.2. The lowest BCUT2D eigenvalue weighted by Gasteiger charge is -2.11. The molecule has 0 heterocycles. The zero-order valence-corrected chi connectivity index (χ0v) is 20.5. The number of anilines is 1. The molecule has 0 aliphatic heterocycles. The largest absolute Gasteiger partial charge is 0.416 e. The fraction of sp³-hybridized carbons (Fsp3) is 0.174. The molecule has 3 rings (SSSR count). The topological polar surface area (TPSA) is 97.4 Å². The Balaban J connectivity index is 1.67. The minimum absolute atomic E-state index is 0.0102. The Labute approximate surface area is 205 Å². The molecule has 0 saturated carbocycles. The maximum atomic E-state index is 12.9. The number of carbonyl (C=O) groups excluding carboxylic acids is 1. The van der Waals surface area contributed by atoms with E-state index in [9.17, 15) is 34.8 Å². The van der Waals surface area contributed by atoms with Gasteiger partial charge in [0.2, 0.25) is 0 Å². The molecule has 0 fully saturated rings. The number of hydrogen-bond acceptors (Lipinski definition) is 5. The van der Waals surface area contributed by atoms with E-state index in [0.717, 1.165) is 12.3 Å². The summed E-state index contributed by atoms with van der Waals surface area (Å²) in [4.78, 5) is 11.9. The number of amides is 1. The first-order valence-corrected chi connectivity index (χ1v) is 13.9. The molecule has 1 amide bonds. The number of aryl methyl sites for hydroxylation is 1. The summed E-state index contributed by atoms with van der Waals surface area (Å²) in [6.45, 7) is 0. The van der Waals surface area contributed by atoms with Gasteiger partial charge in [-0.3, -0.25) is 4.79 Å². The molecule has 12 heteroatoms. The van der Waals surface area contributed by atoms with Crippen LogP contribution in [0, 0.1) is 0 Å². The first kappa shape index (κ1) is 26.7. The highest BCUT2D eigenvalue weighted by molar-refractivity contribution is 7.91. The fourth-order valence-electron chi connectivity index (χ4n) is 3.09. The monoisotopic (exact) mass is 545 g/mol. The smallest absolute Gasteiger partial charge is 0.322 e. The van der Waals surface area contributed by atoms with E-state index >= 15 is 0 Å². The molecule has 3 aromatic carbocycles. The van der Waals surface area contributed by atoms with E-state index in [0.29, 0.717) is 23.4 Å². The van der Waals surface area contributed by atoms with Crippen LogP contribution in [0.2, 0.25) is 5.02 Å². The summed E-state index contributed by atoms with van der Waals surface area (Å²) in [6.07, 6.45) is -3.65. The first-order chi connectivity index (χ1) is 16.2. The third kappa shape index (κ3) is 6.83. The summed E-state index contributed by atoms with van der Waals surface area (Å²) in [5.74, 6) is -0.946. The number of alkyl halides is 3. The molecular formula is C23H19ClF3NO5S2. The van der Waals surface area contributed by atoms with E-state index < -0.39 is 48.0 Å². The summed E-state index contributed by atoms with van der Waals surface area (Å²) in [7, 11) is -7.47. The molecular weight excluding hydrogens is 527 g/mol. The van der Waals surface area contributed by atoms with Crippen molar-refractivity contribution in [2.24, 2.45) is 0 Å². The van der Waals surface area contributed by atoms with Crippen molar-refractivity contribution in [2.45, 2.75) is 22.4 Å². The van der Waals surface area contributed by atoms with Crippen molar-refractivity contribution >= 4 is 42.9 Å². The zero-order valence-electron chi connectivity index (χ0n) is 18.1. The predicted octanol–water partition coefficient (Wildman–Crippen LogP) is 5.03. The Morgan fingerprint density at radius 2 is 1.51 bits per heavy atom. The van der Waals surface area contributed by atoms with Gasteiger partial charge in [-0.15, -0.1) is 0 Å². The van der Waals surface area contributed by atoms with Crippen LogP contribution in [0.5, 0.6) is 0 Å². The van der Waals surface area contributed by atoms with Crippen LogP contribution in [-0.2, 0) is 32.3 Å².